The highest BCUT2D eigenvalue weighted by atomic mass is 32.2. The molecule has 0 aliphatic rings. The molecule has 1 heterocycles. The Balaban J connectivity index is 2.33. The van der Waals surface area contributed by atoms with E-state index in [4.69, 9.17) is 5.73 Å². The van der Waals surface area contributed by atoms with Crippen LogP contribution in [0.5, 0.6) is 0 Å². The minimum atomic E-state index is -0.625. The van der Waals surface area contributed by atoms with Crippen LogP contribution in [-0.2, 0) is 11.8 Å². The minimum absolute atomic E-state index is 0.316. The monoisotopic (exact) mass is 257 g/mol. The molecule has 96 valence electrons. The van der Waals surface area contributed by atoms with Gasteiger partial charge in [-0.2, -0.15) is 0 Å². The number of nitrogens with two attached hydrogens (primary N) is 1. The van der Waals surface area contributed by atoms with Crippen molar-refractivity contribution < 1.29 is 4.79 Å². The fourth-order valence-electron chi connectivity index (χ4n) is 1.36. The van der Waals surface area contributed by atoms with E-state index in [2.05, 4.69) is 15.5 Å². The van der Waals surface area contributed by atoms with Gasteiger partial charge in [-0.3, -0.25) is 4.79 Å². The van der Waals surface area contributed by atoms with Gasteiger partial charge in [0.05, 0.1) is 5.54 Å². The maximum atomic E-state index is 11.3. The third-order valence-corrected chi connectivity index (χ3v) is 3.94. The summed E-state index contributed by atoms with van der Waals surface area (Å²) in [4.78, 5) is 11.3. The fraction of sp³-hybridized carbons (Fsp3) is 0.700. The number of hydrogen-bond acceptors (Lipinski definition) is 5. The predicted molar refractivity (Wildman–Crippen MR) is 67.6 cm³/mol. The van der Waals surface area contributed by atoms with Gasteiger partial charge in [-0.25, -0.2) is 0 Å². The van der Waals surface area contributed by atoms with Crippen LogP contribution in [0.25, 0.3) is 0 Å². The summed E-state index contributed by atoms with van der Waals surface area (Å²) in [5, 5.41) is 11.6. The van der Waals surface area contributed by atoms with Crippen LogP contribution in [0.15, 0.2) is 11.5 Å². The molecule has 1 rings (SSSR count). The molecule has 1 aromatic rings. The van der Waals surface area contributed by atoms with Gasteiger partial charge in [0.25, 0.3) is 0 Å². The highest BCUT2D eigenvalue weighted by molar-refractivity contribution is 7.99. The zero-order valence-corrected chi connectivity index (χ0v) is 11.3. The molecule has 0 spiro atoms. The zero-order chi connectivity index (χ0) is 12.9. The first-order valence-electron chi connectivity index (χ1n) is 5.45. The van der Waals surface area contributed by atoms with Crippen LogP contribution in [0.4, 0.5) is 0 Å². The molecule has 0 saturated heterocycles. The molecule has 7 heteroatoms. The second kappa shape index (κ2) is 6.02. The standard InChI is InChI=1S/C10H19N5OS/c1-10(12-2,8(11)16)5-4-6-17-9-14-13-7-15(9)3/h7,12H,4-6H2,1-3H3,(H2,11,16). The number of hydrogen-bond donors (Lipinski definition) is 2. The van der Waals surface area contributed by atoms with Gasteiger partial charge >= 0.3 is 0 Å². The lowest BCUT2D eigenvalue weighted by Gasteiger charge is -2.25. The van der Waals surface area contributed by atoms with Gasteiger partial charge in [-0.1, -0.05) is 11.8 Å². The van der Waals surface area contributed by atoms with Crippen molar-refractivity contribution in [3.8, 4) is 0 Å². The number of likely N-dealkylation sites (N-methyl/N-ethyl adjacent to an activating group) is 1. The number of aromatic nitrogens is 3. The van der Waals surface area contributed by atoms with Gasteiger partial charge in [0.15, 0.2) is 5.16 Å². The van der Waals surface area contributed by atoms with Crippen LogP contribution in [-0.4, -0.2) is 39.0 Å². The van der Waals surface area contributed by atoms with Crippen LogP contribution in [0.3, 0.4) is 0 Å². The number of nitrogens with zero attached hydrogens (tertiary/aromatic N) is 3. The first-order chi connectivity index (χ1) is 7.99. The highest BCUT2D eigenvalue weighted by Gasteiger charge is 2.27. The van der Waals surface area contributed by atoms with Gasteiger partial charge in [-0.15, -0.1) is 10.2 Å². The highest BCUT2D eigenvalue weighted by Crippen LogP contribution is 2.18. The summed E-state index contributed by atoms with van der Waals surface area (Å²) in [6, 6.07) is 0. The number of rotatable bonds is 7. The summed E-state index contributed by atoms with van der Waals surface area (Å²) in [7, 11) is 3.66. The number of aryl methyl sites for hydroxylation is 1. The molecule has 1 aromatic heterocycles. The largest absolute Gasteiger partial charge is 0.368 e. The normalized spacial score (nSPS) is 14.5. The van der Waals surface area contributed by atoms with E-state index in [9.17, 15) is 4.79 Å². The molecule has 0 radical (unpaired) electrons. The summed E-state index contributed by atoms with van der Waals surface area (Å²) in [5.74, 6) is 0.570. The molecule has 0 saturated carbocycles. The van der Waals surface area contributed by atoms with Crippen LogP contribution in [0.2, 0.25) is 0 Å². The van der Waals surface area contributed by atoms with Crippen LogP contribution < -0.4 is 11.1 Å². The van der Waals surface area contributed by atoms with E-state index in [0.717, 1.165) is 17.3 Å². The number of carbonyl (C=O) groups is 1. The lowest BCUT2D eigenvalue weighted by Crippen LogP contribution is -2.51. The van der Waals surface area contributed by atoms with E-state index in [-0.39, 0.29) is 5.91 Å². The van der Waals surface area contributed by atoms with Gasteiger partial charge < -0.3 is 15.6 Å². The molecule has 0 aliphatic heterocycles. The van der Waals surface area contributed by atoms with Gasteiger partial charge in [0.2, 0.25) is 5.91 Å². The van der Waals surface area contributed by atoms with Crippen molar-refractivity contribution in [1.82, 2.24) is 20.1 Å². The van der Waals surface area contributed by atoms with E-state index >= 15 is 0 Å². The Morgan fingerprint density at radius 1 is 1.71 bits per heavy atom. The van der Waals surface area contributed by atoms with Crippen LogP contribution in [0, 0.1) is 0 Å². The molecule has 17 heavy (non-hydrogen) atoms. The Morgan fingerprint density at radius 2 is 2.41 bits per heavy atom. The SMILES string of the molecule is CNC(C)(CCCSc1nncn1C)C(N)=O. The second-order valence-electron chi connectivity index (χ2n) is 4.12. The summed E-state index contributed by atoms with van der Waals surface area (Å²) in [6.45, 7) is 1.82. The van der Waals surface area contributed by atoms with E-state index in [0.29, 0.717) is 6.42 Å². The molecule has 0 bridgehead atoms. The molecule has 0 aromatic carbocycles. The smallest absolute Gasteiger partial charge is 0.237 e. The number of carbonyl (C=O) groups excluding carboxylic acids is 1. The van der Waals surface area contributed by atoms with Gasteiger partial charge in [-0.05, 0) is 26.8 Å². The Hall–Kier alpha value is -1.08. The molecule has 1 unspecified atom stereocenters. The fourth-order valence-corrected chi connectivity index (χ4v) is 2.19. The van der Waals surface area contributed by atoms with Crippen molar-refractivity contribution in [3.63, 3.8) is 0 Å². The van der Waals surface area contributed by atoms with E-state index in [1.54, 1.807) is 25.1 Å². The summed E-state index contributed by atoms with van der Waals surface area (Å²) in [6.07, 6.45) is 3.27. The Morgan fingerprint density at radius 3 is 2.88 bits per heavy atom. The van der Waals surface area contributed by atoms with Crippen molar-refractivity contribution in [2.45, 2.75) is 30.5 Å². The Kier molecular flexibility index (Phi) is 4.95. The van der Waals surface area contributed by atoms with E-state index in [1.165, 1.54) is 0 Å². The van der Waals surface area contributed by atoms with Crippen LogP contribution >= 0.6 is 11.8 Å². The maximum absolute atomic E-state index is 11.3. The van der Waals surface area contributed by atoms with Gasteiger partial charge in [0, 0.05) is 12.8 Å². The molecular weight excluding hydrogens is 238 g/mol. The number of thioether (sulfide) groups is 1. The number of nitrogens with one attached hydrogen (secondary N) is 1. The number of primary amides is 1. The Labute approximate surface area is 105 Å². The van der Waals surface area contributed by atoms with Crippen molar-refractivity contribution in [2.75, 3.05) is 12.8 Å². The lowest BCUT2D eigenvalue weighted by atomic mass is 9.96. The molecule has 6 nitrogen and oxygen atoms in total. The maximum Gasteiger partial charge on any atom is 0.237 e. The first-order valence-corrected chi connectivity index (χ1v) is 6.44. The molecule has 1 atom stereocenters. The van der Waals surface area contributed by atoms with Crippen molar-refractivity contribution >= 4 is 17.7 Å². The van der Waals surface area contributed by atoms with Crippen molar-refractivity contribution in [1.29, 1.82) is 0 Å². The first kappa shape index (κ1) is 14.0. The van der Waals surface area contributed by atoms with Gasteiger partial charge in [0.1, 0.15) is 6.33 Å². The third-order valence-electron chi connectivity index (χ3n) is 2.82. The van der Waals surface area contributed by atoms with Crippen LogP contribution in [0.1, 0.15) is 19.8 Å². The number of amides is 1. The zero-order valence-electron chi connectivity index (χ0n) is 10.4. The summed E-state index contributed by atoms with van der Waals surface area (Å²) < 4.78 is 1.87. The van der Waals surface area contributed by atoms with E-state index < -0.39 is 5.54 Å². The molecule has 3 N–H and O–H groups in total. The second-order valence-corrected chi connectivity index (χ2v) is 5.18. The average molecular weight is 257 g/mol. The lowest BCUT2D eigenvalue weighted by molar-refractivity contribution is -0.123. The van der Waals surface area contributed by atoms with Crippen molar-refractivity contribution in [3.05, 3.63) is 6.33 Å². The molecular formula is C10H19N5OS. The molecule has 1 amide bonds. The summed E-state index contributed by atoms with van der Waals surface area (Å²) in [5.41, 5.74) is 4.72. The topological polar surface area (TPSA) is 85.8 Å². The summed E-state index contributed by atoms with van der Waals surface area (Å²) >= 11 is 1.63. The molecule has 0 aliphatic carbocycles. The Bertz CT molecular complexity index is 381. The predicted octanol–water partition coefficient (Wildman–Crippen LogP) is 0.151. The molecule has 0 fully saturated rings. The quantitative estimate of drug-likeness (QED) is 0.536. The minimum Gasteiger partial charge on any atom is -0.368 e. The van der Waals surface area contributed by atoms with E-state index in [1.807, 2.05) is 18.5 Å². The third kappa shape index (κ3) is 3.71. The average Bonchev–Trinajstić information content (AvgIpc) is 2.70. The van der Waals surface area contributed by atoms with Crippen molar-refractivity contribution in [2.24, 2.45) is 12.8 Å².